The van der Waals surface area contributed by atoms with Gasteiger partial charge >= 0.3 is 12.0 Å². The topological polar surface area (TPSA) is 134 Å². The van der Waals surface area contributed by atoms with Gasteiger partial charge in [-0.25, -0.2) is 4.79 Å². The van der Waals surface area contributed by atoms with Crippen molar-refractivity contribution < 1.29 is 14.3 Å². The zero-order valence-electron chi connectivity index (χ0n) is 15.8. The number of methoxy groups -OCH3 is 1. The number of benzene rings is 2. The third kappa shape index (κ3) is 3.20. The largest absolute Gasteiger partial charge is 0.464 e. The molecular weight excluding hydrogens is 386 g/mol. The molecule has 2 heterocycles. The molecule has 4 rings (SSSR count). The molecule has 0 aliphatic rings. The van der Waals surface area contributed by atoms with E-state index >= 15 is 0 Å². The first-order valence-corrected chi connectivity index (χ1v) is 8.74. The Kier molecular flexibility index (Phi) is 4.84. The van der Waals surface area contributed by atoms with E-state index in [0.717, 1.165) is 0 Å². The van der Waals surface area contributed by atoms with E-state index in [1.54, 1.807) is 24.3 Å². The predicted molar refractivity (Wildman–Crippen MR) is 105 cm³/mol. The Morgan fingerprint density at radius 1 is 1.13 bits per heavy atom. The number of hydrogen-bond acceptors (Lipinski definition) is 8. The second kappa shape index (κ2) is 7.76. The van der Waals surface area contributed by atoms with Crippen LogP contribution in [0.3, 0.4) is 0 Å². The molecule has 0 atom stereocenters. The van der Waals surface area contributed by atoms with Gasteiger partial charge in [0.25, 0.3) is 0 Å². The lowest BCUT2D eigenvalue weighted by Crippen LogP contribution is -2.12. The number of ether oxygens (including phenoxy) is 2. The van der Waals surface area contributed by atoms with Crippen molar-refractivity contribution in [2.75, 3.05) is 12.8 Å². The number of esters is 1. The highest BCUT2D eigenvalue weighted by Gasteiger charge is 2.24. The minimum atomic E-state index is -0.682. The second-order valence-corrected chi connectivity index (χ2v) is 6.06. The number of hydrogen-bond donors (Lipinski definition) is 1. The Hall–Kier alpha value is -4.65. The molecule has 148 valence electrons. The number of carbonyl (C=O) groups excluding carboxylic acids is 1. The van der Waals surface area contributed by atoms with Gasteiger partial charge in [0.2, 0.25) is 0 Å². The van der Waals surface area contributed by atoms with Crippen LogP contribution in [0.5, 0.6) is 11.8 Å². The molecule has 0 aliphatic carbocycles. The van der Waals surface area contributed by atoms with Gasteiger partial charge in [0.15, 0.2) is 11.4 Å². The smallest absolute Gasteiger partial charge is 0.357 e. The predicted octanol–water partition coefficient (Wildman–Crippen LogP) is 2.49. The SMILES string of the molecule is COC(=O)c1c(N)c(C#N)cn1-c1ccccc1Oc1nnnn1-c1ccccc1. The van der Waals surface area contributed by atoms with Gasteiger partial charge in [-0.2, -0.15) is 9.94 Å². The van der Waals surface area contributed by atoms with E-state index in [2.05, 4.69) is 15.5 Å². The highest BCUT2D eigenvalue weighted by Crippen LogP contribution is 2.32. The van der Waals surface area contributed by atoms with Crippen LogP contribution in [0.1, 0.15) is 16.1 Å². The summed E-state index contributed by atoms with van der Waals surface area (Å²) in [5.74, 6) is -0.341. The first kappa shape index (κ1) is 18.7. The standard InChI is InChI=1S/C20H15N7O3/c1-29-19(28)18-17(22)13(11-21)12-26(18)15-9-5-6-10-16(15)30-20-23-24-25-27(20)14-7-3-2-4-8-14/h2-10,12H,22H2,1H3. The number of nitrogens with two attached hydrogens (primary N) is 1. The van der Waals surface area contributed by atoms with E-state index in [4.69, 9.17) is 15.2 Å². The Labute approximate surface area is 170 Å². The molecule has 2 N–H and O–H groups in total. The lowest BCUT2D eigenvalue weighted by atomic mass is 10.2. The van der Waals surface area contributed by atoms with Crippen molar-refractivity contribution in [2.24, 2.45) is 0 Å². The van der Waals surface area contributed by atoms with Crippen LogP contribution in [0, 0.1) is 11.3 Å². The summed E-state index contributed by atoms with van der Waals surface area (Å²) in [6.45, 7) is 0. The first-order valence-electron chi connectivity index (χ1n) is 8.74. The Morgan fingerprint density at radius 3 is 2.60 bits per heavy atom. The van der Waals surface area contributed by atoms with Crippen LogP contribution in [0.4, 0.5) is 5.69 Å². The number of tetrazole rings is 1. The van der Waals surface area contributed by atoms with Gasteiger partial charge in [-0.05, 0) is 34.7 Å². The van der Waals surface area contributed by atoms with Crippen molar-refractivity contribution >= 4 is 11.7 Å². The summed E-state index contributed by atoms with van der Waals surface area (Å²) in [5, 5.41) is 20.9. The molecule has 2 aromatic heterocycles. The minimum absolute atomic E-state index is 0.0211. The van der Waals surface area contributed by atoms with Gasteiger partial charge in [-0.15, -0.1) is 0 Å². The normalized spacial score (nSPS) is 10.4. The van der Waals surface area contributed by atoms with Crippen molar-refractivity contribution in [3.05, 3.63) is 72.1 Å². The number of para-hydroxylation sites is 3. The Bertz CT molecular complexity index is 1260. The van der Waals surface area contributed by atoms with Crippen LogP contribution in [-0.2, 0) is 4.74 Å². The second-order valence-electron chi connectivity index (χ2n) is 6.06. The summed E-state index contributed by atoms with van der Waals surface area (Å²) in [4.78, 5) is 12.3. The van der Waals surface area contributed by atoms with E-state index in [1.807, 2.05) is 36.4 Å². The molecule has 0 aliphatic heterocycles. The third-order valence-corrected chi connectivity index (χ3v) is 4.31. The number of carbonyl (C=O) groups is 1. The Balaban J connectivity index is 1.81. The molecule has 10 nitrogen and oxygen atoms in total. The molecule has 0 saturated carbocycles. The quantitative estimate of drug-likeness (QED) is 0.504. The third-order valence-electron chi connectivity index (χ3n) is 4.31. The molecule has 0 bridgehead atoms. The highest BCUT2D eigenvalue weighted by molar-refractivity contribution is 5.96. The summed E-state index contributed by atoms with van der Waals surface area (Å²) in [6.07, 6.45) is 1.45. The van der Waals surface area contributed by atoms with Crippen LogP contribution in [0.15, 0.2) is 60.8 Å². The highest BCUT2D eigenvalue weighted by atomic mass is 16.5. The molecule has 2 aromatic carbocycles. The van der Waals surface area contributed by atoms with Crippen molar-refractivity contribution in [3.8, 4) is 29.2 Å². The van der Waals surface area contributed by atoms with Crippen LogP contribution in [0.2, 0.25) is 0 Å². The maximum absolute atomic E-state index is 12.3. The number of nitrogens with zero attached hydrogens (tertiary/aromatic N) is 6. The van der Waals surface area contributed by atoms with Crippen molar-refractivity contribution in [2.45, 2.75) is 0 Å². The maximum atomic E-state index is 12.3. The molecule has 30 heavy (non-hydrogen) atoms. The lowest BCUT2D eigenvalue weighted by Gasteiger charge is -2.13. The van der Waals surface area contributed by atoms with Crippen LogP contribution in [0.25, 0.3) is 11.4 Å². The summed E-state index contributed by atoms with van der Waals surface area (Å²) in [7, 11) is 1.24. The van der Waals surface area contributed by atoms with Crippen molar-refractivity contribution in [3.63, 3.8) is 0 Å². The number of rotatable bonds is 5. The number of nitrogen functional groups attached to an aromatic ring is 1. The summed E-state index contributed by atoms with van der Waals surface area (Å²) in [6, 6.07) is 18.2. The van der Waals surface area contributed by atoms with Crippen LogP contribution >= 0.6 is 0 Å². The van der Waals surface area contributed by atoms with E-state index in [0.29, 0.717) is 17.1 Å². The molecule has 4 aromatic rings. The number of anilines is 1. The summed E-state index contributed by atoms with van der Waals surface area (Å²) < 4.78 is 13.7. The summed E-state index contributed by atoms with van der Waals surface area (Å²) in [5.41, 5.74) is 7.34. The average molecular weight is 401 g/mol. The molecule has 0 radical (unpaired) electrons. The van der Waals surface area contributed by atoms with Gasteiger partial charge in [0.1, 0.15) is 6.07 Å². The minimum Gasteiger partial charge on any atom is -0.464 e. The van der Waals surface area contributed by atoms with Crippen molar-refractivity contribution in [1.29, 1.82) is 5.26 Å². The Morgan fingerprint density at radius 2 is 1.87 bits per heavy atom. The molecule has 0 fully saturated rings. The van der Waals surface area contributed by atoms with Crippen molar-refractivity contribution in [1.82, 2.24) is 24.8 Å². The fraction of sp³-hybridized carbons (Fsp3) is 0.0500. The monoisotopic (exact) mass is 401 g/mol. The van der Waals surface area contributed by atoms with Crippen LogP contribution < -0.4 is 10.5 Å². The number of nitriles is 1. The van der Waals surface area contributed by atoms with Gasteiger partial charge in [0, 0.05) is 6.20 Å². The molecule has 0 saturated heterocycles. The maximum Gasteiger partial charge on any atom is 0.357 e. The van der Waals surface area contributed by atoms with E-state index in [1.165, 1.54) is 22.6 Å². The summed E-state index contributed by atoms with van der Waals surface area (Å²) >= 11 is 0. The lowest BCUT2D eigenvalue weighted by molar-refractivity contribution is 0.0593. The van der Waals surface area contributed by atoms with E-state index in [9.17, 15) is 10.1 Å². The average Bonchev–Trinajstić information content (AvgIpc) is 3.38. The van der Waals surface area contributed by atoms with Gasteiger partial charge < -0.3 is 19.8 Å². The molecule has 0 amide bonds. The van der Waals surface area contributed by atoms with Crippen LogP contribution in [-0.4, -0.2) is 37.9 Å². The van der Waals surface area contributed by atoms with Gasteiger partial charge in [-0.3, -0.25) is 0 Å². The first-order chi connectivity index (χ1) is 14.6. The van der Waals surface area contributed by atoms with Gasteiger partial charge in [0.05, 0.1) is 29.7 Å². The zero-order valence-corrected chi connectivity index (χ0v) is 15.8. The number of aromatic nitrogens is 5. The van der Waals surface area contributed by atoms with Gasteiger partial charge in [-0.1, -0.05) is 35.4 Å². The van der Waals surface area contributed by atoms with E-state index < -0.39 is 5.97 Å². The molecule has 10 heteroatoms. The molecule has 0 unspecified atom stereocenters. The fourth-order valence-electron chi connectivity index (χ4n) is 2.92. The zero-order chi connectivity index (χ0) is 21.1. The van der Waals surface area contributed by atoms with E-state index in [-0.39, 0.29) is 23.0 Å². The fourth-order valence-corrected chi connectivity index (χ4v) is 2.92. The molecular formula is C20H15N7O3. The molecule has 0 spiro atoms.